The largest absolute Gasteiger partial charge is 0.469 e. The Morgan fingerprint density at radius 3 is 2.74 bits per heavy atom. The summed E-state index contributed by atoms with van der Waals surface area (Å²) < 4.78 is 11.3. The Hall–Kier alpha value is -2.80. The van der Waals surface area contributed by atoms with Crippen molar-refractivity contribution in [3.05, 3.63) is 26.6 Å². The van der Waals surface area contributed by atoms with Crippen LogP contribution < -0.4 is 5.56 Å². The summed E-state index contributed by atoms with van der Waals surface area (Å²) >= 11 is 2.40. The third kappa shape index (κ3) is 4.32. The molecular formula is C18H20N6O5S2. The van der Waals surface area contributed by atoms with Crippen LogP contribution in [0.5, 0.6) is 0 Å². The second kappa shape index (κ2) is 9.14. The molecule has 0 amide bonds. The standard InChI is InChI=1S/C18H20N6O5S2/c1-28-12(25)7-10-13-15(26)19-11(20-16(13)31-14(10)17(27)29-2)8-30-18-21-22-23-24(18)9-5-3-4-6-9/h9H,3-8H2,1-2H3,(H,19,20,26). The molecule has 11 nitrogen and oxygen atoms in total. The number of thioether (sulfide) groups is 1. The summed E-state index contributed by atoms with van der Waals surface area (Å²) in [6.45, 7) is 0. The molecule has 1 N–H and O–H groups in total. The van der Waals surface area contributed by atoms with Crippen LogP contribution in [0.25, 0.3) is 10.2 Å². The maximum Gasteiger partial charge on any atom is 0.348 e. The number of thiophene rings is 1. The normalized spacial score (nSPS) is 14.3. The topological polar surface area (TPSA) is 142 Å². The number of esters is 2. The first-order chi connectivity index (χ1) is 15.0. The Labute approximate surface area is 184 Å². The first-order valence-corrected chi connectivity index (χ1v) is 11.4. The van der Waals surface area contributed by atoms with Crippen LogP contribution in [0.15, 0.2) is 9.95 Å². The number of hydrogen-bond acceptors (Lipinski definition) is 11. The number of carbonyl (C=O) groups is 2. The number of hydrogen-bond donors (Lipinski definition) is 1. The number of aromatic nitrogens is 6. The molecule has 0 aromatic carbocycles. The van der Waals surface area contributed by atoms with E-state index in [0.717, 1.165) is 37.0 Å². The number of aromatic amines is 1. The van der Waals surface area contributed by atoms with E-state index in [-0.39, 0.29) is 22.2 Å². The highest BCUT2D eigenvalue weighted by Crippen LogP contribution is 2.33. The van der Waals surface area contributed by atoms with Gasteiger partial charge in [0.25, 0.3) is 5.56 Å². The number of fused-ring (bicyclic) bond motifs is 1. The maximum absolute atomic E-state index is 12.8. The van der Waals surface area contributed by atoms with Crippen LogP contribution >= 0.6 is 23.1 Å². The van der Waals surface area contributed by atoms with Crippen molar-refractivity contribution in [2.45, 2.75) is 49.1 Å². The molecule has 3 heterocycles. The quantitative estimate of drug-likeness (QED) is 0.407. The van der Waals surface area contributed by atoms with Crippen LogP contribution in [0.2, 0.25) is 0 Å². The van der Waals surface area contributed by atoms with E-state index in [0.29, 0.717) is 27.6 Å². The van der Waals surface area contributed by atoms with Crippen molar-refractivity contribution in [1.82, 2.24) is 30.2 Å². The minimum atomic E-state index is -0.632. The molecule has 164 valence electrons. The minimum absolute atomic E-state index is 0.163. The average Bonchev–Trinajstić information content (AvgIpc) is 3.51. The van der Waals surface area contributed by atoms with Gasteiger partial charge < -0.3 is 14.5 Å². The maximum atomic E-state index is 12.8. The van der Waals surface area contributed by atoms with Crippen molar-refractivity contribution in [3.8, 4) is 0 Å². The molecule has 0 saturated heterocycles. The summed E-state index contributed by atoms with van der Waals surface area (Å²) in [5, 5.41) is 12.8. The smallest absolute Gasteiger partial charge is 0.348 e. The molecule has 0 bridgehead atoms. The Bertz CT molecular complexity index is 1180. The minimum Gasteiger partial charge on any atom is -0.469 e. The number of nitrogens with one attached hydrogen (secondary N) is 1. The summed E-state index contributed by atoms with van der Waals surface area (Å²) in [5.74, 6) is -0.433. The van der Waals surface area contributed by atoms with Crippen molar-refractivity contribution in [3.63, 3.8) is 0 Å². The first kappa shape index (κ1) is 21.4. The molecule has 0 spiro atoms. The van der Waals surface area contributed by atoms with Gasteiger partial charge in [-0.2, -0.15) is 0 Å². The van der Waals surface area contributed by atoms with Gasteiger partial charge in [0.15, 0.2) is 0 Å². The van der Waals surface area contributed by atoms with E-state index < -0.39 is 17.5 Å². The summed E-state index contributed by atoms with van der Waals surface area (Å²) in [7, 11) is 2.48. The summed E-state index contributed by atoms with van der Waals surface area (Å²) in [5.41, 5.74) is -0.168. The molecule has 1 saturated carbocycles. The highest BCUT2D eigenvalue weighted by Gasteiger charge is 2.25. The summed E-state index contributed by atoms with van der Waals surface area (Å²) in [4.78, 5) is 44.6. The number of carbonyl (C=O) groups excluding carboxylic acids is 2. The molecule has 1 aliphatic carbocycles. The number of rotatable bonds is 7. The van der Waals surface area contributed by atoms with Crippen molar-refractivity contribution < 1.29 is 19.1 Å². The lowest BCUT2D eigenvalue weighted by Crippen LogP contribution is -2.15. The van der Waals surface area contributed by atoms with Crippen LogP contribution in [0.3, 0.4) is 0 Å². The van der Waals surface area contributed by atoms with Crippen molar-refractivity contribution in [2.24, 2.45) is 0 Å². The number of methoxy groups -OCH3 is 2. The zero-order valence-electron chi connectivity index (χ0n) is 16.9. The van der Waals surface area contributed by atoms with Crippen LogP contribution in [-0.2, 0) is 26.4 Å². The van der Waals surface area contributed by atoms with Crippen molar-refractivity contribution >= 4 is 45.3 Å². The Morgan fingerprint density at radius 1 is 1.26 bits per heavy atom. The van der Waals surface area contributed by atoms with E-state index in [4.69, 9.17) is 9.47 Å². The fourth-order valence-electron chi connectivity index (χ4n) is 3.61. The highest BCUT2D eigenvalue weighted by atomic mass is 32.2. The van der Waals surface area contributed by atoms with Gasteiger partial charge in [-0.3, -0.25) is 9.59 Å². The van der Waals surface area contributed by atoms with Gasteiger partial charge in [-0.25, -0.2) is 14.5 Å². The van der Waals surface area contributed by atoms with E-state index in [1.165, 1.54) is 26.0 Å². The predicted molar refractivity (Wildman–Crippen MR) is 112 cm³/mol. The lowest BCUT2D eigenvalue weighted by atomic mass is 10.1. The van der Waals surface area contributed by atoms with Gasteiger partial charge in [0.2, 0.25) is 5.16 Å². The molecule has 3 aromatic heterocycles. The Balaban J connectivity index is 1.63. The van der Waals surface area contributed by atoms with E-state index in [2.05, 4.69) is 25.5 Å². The van der Waals surface area contributed by atoms with Crippen LogP contribution in [-0.4, -0.2) is 56.3 Å². The molecule has 13 heteroatoms. The molecule has 0 radical (unpaired) electrons. The second-order valence-electron chi connectivity index (χ2n) is 6.98. The fourth-order valence-corrected chi connectivity index (χ4v) is 5.56. The van der Waals surface area contributed by atoms with Gasteiger partial charge in [0, 0.05) is 5.56 Å². The zero-order valence-corrected chi connectivity index (χ0v) is 18.5. The Kier molecular flexibility index (Phi) is 6.32. The van der Waals surface area contributed by atoms with Gasteiger partial charge >= 0.3 is 11.9 Å². The van der Waals surface area contributed by atoms with Gasteiger partial charge in [-0.1, -0.05) is 24.6 Å². The number of ether oxygens (including phenoxy) is 2. The molecular weight excluding hydrogens is 444 g/mol. The molecule has 0 aliphatic heterocycles. The molecule has 1 aliphatic rings. The second-order valence-corrected chi connectivity index (χ2v) is 8.92. The van der Waals surface area contributed by atoms with E-state index in [1.54, 1.807) is 0 Å². The van der Waals surface area contributed by atoms with Gasteiger partial charge in [-0.05, 0) is 23.3 Å². The lowest BCUT2D eigenvalue weighted by Gasteiger charge is -2.10. The van der Waals surface area contributed by atoms with Crippen molar-refractivity contribution in [1.29, 1.82) is 0 Å². The highest BCUT2D eigenvalue weighted by molar-refractivity contribution is 7.98. The summed E-state index contributed by atoms with van der Waals surface area (Å²) in [6, 6.07) is 0.299. The lowest BCUT2D eigenvalue weighted by molar-refractivity contribution is -0.139. The zero-order chi connectivity index (χ0) is 22.0. The monoisotopic (exact) mass is 464 g/mol. The van der Waals surface area contributed by atoms with E-state index >= 15 is 0 Å². The molecule has 0 unspecified atom stereocenters. The Morgan fingerprint density at radius 2 is 2.03 bits per heavy atom. The molecule has 31 heavy (non-hydrogen) atoms. The number of H-pyrrole nitrogens is 1. The summed E-state index contributed by atoms with van der Waals surface area (Å²) in [6.07, 6.45) is 4.20. The van der Waals surface area contributed by atoms with Crippen molar-refractivity contribution in [2.75, 3.05) is 14.2 Å². The van der Waals surface area contributed by atoms with E-state index in [9.17, 15) is 14.4 Å². The van der Waals surface area contributed by atoms with Crippen LogP contribution in [0, 0.1) is 0 Å². The molecule has 3 aromatic rings. The average molecular weight is 465 g/mol. The number of nitrogens with zero attached hydrogens (tertiary/aromatic N) is 5. The third-order valence-electron chi connectivity index (χ3n) is 5.10. The molecule has 1 fully saturated rings. The first-order valence-electron chi connectivity index (χ1n) is 9.62. The fraction of sp³-hybridized carbons (Fsp3) is 0.500. The van der Waals surface area contributed by atoms with Gasteiger partial charge in [-0.15, -0.1) is 16.4 Å². The van der Waals surface area contributed by atoms with Gasteiger partial charge in [0.1, 0.15) is 15.5 Å². The molecule has 0 atom stereocenters. The molecule has 4 rings (SSSR count). The van der Waals surface area contributed by atoms with Gasteiger partial charge in [0.05, 0.1) is 37.8 Å². The SMILES string of the molecule is COC(=O)Cc1c(C(=O)OC)sc2nc(CSc3nnnn3C3CCCC3)[nH]c(=O)c12. The predicted octanol–water partition coefficient (Wildman–Crippen LogP) is 1.88. The van der Waals surface area contributed by atoms with E-state index in [1.807, 2.05) is 4.68 Å². The number of tetrazole rings is 1. The third-order valence-corrected chi connectivity index (χ3v) is 7.15. The van der Waals surface area contributed by atoms with Crippen LogP contribution in [0.1, 0.15) is 52.8 Å². The van der Waals surface area contributed by atoms with Crippen LogP contribution in [0.4, 0.5) is 0 Å².